The number of hydrogen-bond acceptors (Lipinski definition) is 4. The molecule has 1 unspecified atom stereocenters. The van der Waals surface area contributed by atoms with Crippen LogP contribution in [0.2, 0.25) is 0 Å². The van der Waals surface area contributed by atoms with Gasteiger partial charge in [-0.15, -0.1) is 0 Å². The minimum atomic E-state index is 0.551. The molecule has 1 aliphatic rings. The lowest BCUT2D eigenvalue weighted by Crippen LogP contribution is -2.37. The SMILES string of the molecule is CCN(c1ncc(I)cn1)C1CCNC1. The van der Waals surface area contributed by atoms with E-state index in [2.05, 4.69) is 49.7 Å². The molecule has 1 N–H and O–H groups in total. The van der Waals surface area contributed by atoms with E-state index in [0.717, 1.165) is 29.2 Å². The highest BCUT2D eigenvalue weighted by Gasteiger charge is 2.22. The zero-order chi connectivity index (χ0) is 10.7. The lowest BCUT2D eigenvalue weighted by Gasteiger charge is -2.26. The molecule has 4 nitrogen and oxygen atoms in total. The lowest BCUT2D eigenvalue weighted by molar-refractivity contribution is 0.631. The summed E-state index contributed by atoms with van der Waals surface area (Å²) in [7, 11) is 0. The van der Waals surface area contributed by atoms with Gasteiger partial charge in [-0.3, -0.25) is 0 Å². The quantitative estimate of drug-likeness (QED) is 0.852. The van der Waals surface area contributed by atoms with Crippen molar-refractivity contribution in [3.63, 3.8) is 0 Å². The second-order valence-corrected chi connectivity index (χ2v) is 4.88. The fraction of sp³-hybridized carbons (Fsp3) is 0.600. The molecule has 1 aromatic rings. The van der Waals surface area contributed by atoms with E-state index in [1.807, 2.05) is 12.4 Å². The van der Waals surface area contributed by atoms with E-state index in [1.54, 1.807) is 0 Å². The van der Waals surface area contributed by atoms with Gasteiger partial charge >= 0.3 is 0 Å². The van der Waals surface area contributed by atoms with Gasteiger partial charge in [0.25, 0.3) is 0 Å². The molecule has 0 aromatic carbocycles. The molecule has 0 amide bonds. The standard InChI is InChI=1S/C10H15IN4/c1-2-15(9-3-4-12-7-9)10-13-5-8(11)6-14-10/h5-6,9,12H,2-4,7H2,1H3. The summed E-state index contributed by atoms with van der Waals surface area (Å²) in [6.45, 7) is 5.27. The average molecular weight is 318 g/mol. The van der Waals surface area contributed by atoms with Crippen LogP contribution in [0.15, 0.2) is 12.4 Å². The first-order chi connectivity index (χ1) is 7.31. The molecule has 0 bridgehead atoms. The minimum absolute atomic E-state index is 0.551. The third-order valence-corrected chi connectivity index (χ3v) is 3.24. The second kappa shape index (κ2) is 5.07. The Morgan fingerprint density at radius 2 is 2.27 bits per heavy atom. The van der Waals surface area contributed by atoms with Crippen LogP contribution >= 0.6 is 22.6 Å². The Hall–Kier alpha value is -0.430. The van der Waals surface area contributed by atoms with E-state index < -0.39 is 0 Å². The number of nitrogens with zero attached hydrogens (tertiary/aromatic N) is 3. The predicted octanol–water partition coefficient (Wildman–Crippen LogP) is 1.27. The van der Waals surface area contributed by atoms with Crippen LogP contribution in [-0.2, 0) is 0 Å². The van der Waals surface area contributed by atoms with Crippen LogP contribution < -0.4 is 10.2 Å². The Morgan fingerprint density at radius 3 is 2.80 bits per heavy atom. The topological polar surface area (TPSA) is 41.1 Å². The number of halogens is 1. The average Bonchev–Trinajstić information content (AvgIpc) is 2.75. The summed E-state index contributed by atoms with van der Waals surface area (Å²) in [5.41, 5.74) is 0. The summed E-state index contributed by atoms with van der Waals surface area (Å²) >= 11 is 2.22. The number of likely N-dealkylation sites (N-methyl/N-ethyl adjacent to an activating group) is 1. The van der Waals surface area contributed by atoms with Gasteiger partial charge in [0.1, 0.15) is 0 Å². The normalized spacial score (nSPS) is 20.5. The summed E-state index contributed by atoms with van der Waals surface area (Å²) in [5, 5.41) is 3.37. The molecule has 1 atom stereocenters. The summed E-state index contributed by atoms with van der Waals surface area (Å²) in [6, 6.07) is 0.551. The highest BCUT2D eigenvalue weighted by Crippen LogP contribution is 2.15. The molecule has 82 valence electrons. The number of anilines is 1. The van der Waals surface area contributed by atoms with Gasteiger partial charge in [0, 0.05) is 35.1 Å². The zero-order valence-corrected chi connectivity index (χ0v) is 10.9. The molecule has 0 radical (unpaired) electrons. The summed E-state index contributed by atoms with van der Waals surface area (Å²) in [4.78, 5) is 11.0. The van der Waals surface area contributed by atoms with Crippen molar-refractivity contribution in [2.24, 2.45) is 0 Å². The number of hydrogen-bond donors (Lipinski definition) is 1. The van der Waals surface area contributed by atoms with Crippen molar-refractivity contribution in [3.8, 4) is 0 Å². The van der Waals surface area contributed by atoms with E-state index in [0.29, 0.717) is 6.04 Å². The number of rotatable bonds is 3. The monoisotopic (exact) mass is 318 g/mol. The van der Waals surface area contributed by atoms with Gasteiger partial charge in [0.2, 0.25) is 5.95 Å². The molecule has 2 heterocycles. The molecule has 0 saturated carbocycles. The molecule has 5 heteroatoms. The zero-order valence-electron chi connectivity index (χ0n) is 8.78. The Labute approximate surface area is 104 Å². The first-order valence-corrected chi connectivity index (χ1v) is 6.34. The molecule has 0 spiro atoms. The van der Waals surface area contributed by atoms with Gasteiger partial charge in [-0.25, -0.2) is 9.97 Å². The summed E-state index contributed by atoms with van der Waals surface area (Å²) < 4.78 is 1.08. The van der Waals surface area contributed by atoms with Crippen molar-refractivity contribution in [1.82, 2.24) is 15.3 Å². The molecule has 1 saturated heterocycles. The van der Waals surface area contributed by atoms with Crippen molar-refractivity contribution in [1.29, 1.82) is 0 Å². The maximum absolute atomic E-state index is 4.37. The van der Waals surface area contributed by atoms with E-state index in [9.17, 15) is 0 Å². The van der Waals surface area contributed by atoms with Gasteiger partial charge in [0.05, 0.1) is 0 Å². The molecule has 0 aliphatic carbocycles. The van der Waals surface area contributed by atoms with E-state index in [1.165, 1.54) is 6.42 Å². The summed E-state index contributed by atoms with van der Waals surface area (Å²) in [5.74, 6) is 0.853. The van der Waals surface area contributed by atoms with Crippen LogP contribution in [0.1, 0.15) is 13.3 Å². The molecule has 1 aromatic heterocycles. The van der Waals surface area contributed by atoms with Crippen LogP contribution in [0.3, 0.4) is 0 Å². The predicted molar refractivity (Wildman–Crippen MR) is 69.0 cm³/mol. The number of aromatic nitrogens is 2. The third-order valence-electron chi connectivity index (χ3n) is 2.68. The van der Waals surface area contributed by atoms with Crippen LogP contribution in [-0.4, -0.2) is 35.6 Å². The van der Waals surface area contributed by atoms with Gasteiger partial charge in [-0.2, -0.15) is 0 Å². The molecule has 1 fully saturated rings. The molecule has 15 heavy (non-hydrogen) atoms. The van der Waals surface area contributed by atoms with E-state index in [4.69, 9.17) is 0 Å². The largest absolute Gasteiger partial charge is 0.337 e. The maximum Gasteiger partial charge on any atom is 0.225 e. The molecule has 1 aliphatic heterocycles. The van der Waals surface area contributed by atoms with Crippen LogP contribution in [0.4, 0.5) is 5.95 Å². The van der Waals surface area contributed by atoms with E-state index >= 15 is 0 Å². The van der Waals surface area contributed by atoms with Crippen LogP contribution in [0.25, 0.3) is 0 Å². The van der Waals surface area contributed by atoms with Crippen molar-refractivity contribution < 1.29 is 0 Å². The molecule has 2 rings (SSSR count). The highest BCUT2D eigenvalue weighted by molar-refractivity contribution is 14.1. The van der Waals surface area contributed by atoms with Gasteiger partial charge in [-0.05, 0) is 42.5 Å². The number of nitrogens with one attached hydrogen (secondary N) is 1. The van der Waals surface area contributed by atoms with Crippen molar-refractivity contribution >= 4 is 28.5 Å². The Balaban J connectivity index is 2.14. The summed E-state index contributed by atoms with van der Waals surface area (Å²) in [6.07, 6.45) is 4.92. The Kier molecular flexibility index (Phi) is 3.74. The van der Waals surface area contributed by atoms with Gasteiger partial charge in [0.15, 0.2) is 0 Å². The van der Waals surface area contributed by atoms with Crippen molar-refractivity contribution in [3.05, 3.63) is 16.0 Å². The van der Waals surface area contributed by atoms with Crippen LogP contribution in [0.5, 0.6) is 0 Å². The fourth-order valence-corrected chi connectivity index (χ4v) is 2.20. The second-order valence-electron chi connectivity index (χ2n) is 3.63. The van der Waals surface area contributed by atoms with Gasteiger partial charge in [-0.1, -0.05) is 0 Å². The molecular weight excluding hydrogens is 303 g/mol. The van der Waals surface area contributed by atoms with Crippen LogP contribution in [0, 0.1) is 3.57 Å². The third kappa shape index (κ3) is 2.57. The smallest absolute Gasteiger partial charge is 0.225 e. The van der Waals surface area contributed by atoms with Crippen molar-refractivity contribution in [2.75, 3.05) is 24.5 Å². The lowest BCUT2D eigenvalue weighted by atomic mass is 10.2. The fourth-order valence-electron chi connectivity index (χ4n) is 1.92. The first-order valence-electron chi connectivity index (χ1n) is 5.26. The van der Waals surface area contributed by atoms with Crippen molar-refractivity contribution in [2.45, 2.75) is 19.4 Å². The highest BCUT2D eigenvalue weighted by atomic mass is 127. The maximum atomic E-state index is 4.37. The Morgan fingerprint density at radius 1 is 1.53 bits per heavy atom. The molecular formula is C10H15IN4. The minimum Gasteiger partial charge on any atom is -0.337 e. The Bertz CT molecular complexity index is 308. The van der Waals surface area contributed by atoms with Gasteiger partial charge < -0.3 is 10.2 Å². The first kappa shape index (κ1) is 11.1. The van der Waals surface area contributed by atoms with E-state index in [-0.39, 0.29) is 0 Å².